The molecule has 0 saturated heterocycles. The van der Waals surface area contributed by atoms with Crippen LogP contribution in [0.15, 0.2) is 30.6 Å². The Morgan fingerprint density at radius 1 is 1.00 bits per heavy atom. The molecule has 1 heterocycles. The van der Waals surface area contributed by atoms with Crippen LogP contribution in [0.1, 0.15) is 0 Å². The van der Waals surface area contributed by atoms with Gasteiger partial charge in [-0.15, -0.1) is 0 Å². The molecule has 0 aromatic carbocycles. The summed E-state index contributed by atoms with van der Waals surface area (Å²) in [7, 11) is 0. The van der Waals surface area contributed by atoms with Crippen molar-refractivity contribution in [1.82, 2.24) is 0 Å². The number of pyridine rings is 1. The minimum Gasteiger partial charge on any atom is -0.619 e. The maximum Gasteiger partial charge on any atom is 4.00 e. The number of aromatic nitrogens is 1. The molecule has 8 heavy (non-hydrogen) atoms. The van der Waals surface area contributed by atoms with Crippen LogP contribution in [0.2, 0.25) is 0 Å². The van der Waals surface area contributed by atoms with E-state index in [1.54, 1.807) is 18.2 Å². The van der Waals surface area contributed by atoms with Gasteiger partial charge in [0.15, 0.2) is 12.4 Å². The third-order valence-electron chi connectivity index (χ3n) is 0.688. The van der Waals surface area contributed by atoms with Gasteiger partial charge in [-0.25, -0.2) is 0 Å². The van der Waals surface area contributed by atoms with E-state index in [1.807, 2.05) is 0 Å². The predicted molar refractivity (Wildman–Crippen MR) is 25.4 cm³/mol. The fraction of sp³-hybridized carbons (Fsp3) is 0. The Morgan fingerprint density at radius 2 is 1.50 bits per heavy atom. The van der Waals surface area contributed by atoms with Crippen molar-refractivity contribution >= 4 is 0 Å². The van der Waals surface area contributed by atoms with Crippen molar-refractivity contribution < 1.29 is 22.1 Å². The minimum absolute atomic E-state index is 0. The first-order valence-electron chi connectivity index (χ1n) is 2.03. The number of rotatable bonds is 0. The quantitative estimate of drug-likeness (QED) is 0.383. The molecular formula is C5H5CrNO+4. The average Bonchev–Trinajstić information content (AvgIpc) is 1.69. The van der Waals surface area contributed by atoms with Crippen molar-refractivity contribution in [3.05, 3.63) is 35.8 Å². The van der Waals surface area contributed by atoms with E-state index >= 15 is 0 Å². The minimum atomic E-state index is 0. The molecule has 0 bridgehead atoms. The topological polar surface area (TPSA) is 26.9 Å². The molecule has 0 amide bonds. The third kappa shape index (κ3) is 1.97. The standard InChI is InChI=1S/C5H5NO.Cr/c7-6-4-2-1-3-5-6;/h1-5H;/q;+4. The molecule has 1 aromatic heterocycles. The summed E-state index contributed by atoms with van der Waals surface area (Å²) in [6.07, 6.45) is 2.89. The van der Waals surface area contributed by atoms with Crippen LogP contribution in [-0.4, -0.2) is 0 Å². The van der Waals surface area contributed by atoms with E-state index in [0.29, 0.717) is 0 Å². The first kappa shape index (κ1) is 7.48. The number of nitrogens with zero attached hydrogens (tertiary/aromatic N) is 1. The van der Waals surface area contributed by atoms with Crippen LogP contribution in [0.25, 0.3) is 0 Å². The molecule has 0 radical (unpaired) electrons. The molecule has 1 rings (SSSR count). The largest absolute Gasteiger partial charge is 4.00 e. The van der Waals surface area contributed by atoms with Crippen molar-refractivity contribution in [1.29, 1.82) is 0 Å². The monoisotopic (exact) mass is 147 g/mol. The fourth-order valence-corrected chi connectivity index (χ4v) is 0.383. The van der Waals surface area contributed by atoms with Crippen LogP contribution < -0.4 is 4.73 Å². The molecule has 38 valence electrons. The molecule has 0 atom stereocenters. The Morgan fingerprint density at radius 3 is 1.75 bits per heavy atom. The summed E-state index contributed by atoms with van der Waals surface area (Å²) in [4.78, 5) is 0. The van der Waals surface area contributed by atoms with Gasteiger partial charge in [-0.1, -0.05) is 6.07 Å². The Kier molecular flexibility index (Phi) is 3.26. The molecule has 0 aliphatic carbocycles. The van der Waals surface area contributed by atoms with Crippen LogP contribution >= 0.6 is 0 Å². The molecule has 0 N–H and O–H groups in total. The van der Waals surface area contributed by atoms with Crippen molar-refractivity contribution in [3.63, 3.8) is 0 Å². The van der Waals surface area contributed by atoms with Crippen LogP contribution in [0.3, 0.4) is 0 Å². The average molecular weight is 147 g/mol. The second-order valence-corrected chi connectivity index (χ2v) is 1.24. The zero-order valence-electron chi connectivity index (χ0n) is 4.15. The van der Waals surface area contributed by atoms with Crippen LogP contribution in [0.5, 0.6) is 0 Å². The Hall–Kier alpha value is -0.518. The maximum atomic E-state index is 10.2. The molecule has 0 aliphatic heterocycles. The van der Waals surface area contributed by atoms with Gasteiger partial charge in [0.25, 0.3) is 0 Å². The van der Waals surface area contributed by atoms with Crippen molar-refractivity contribution in [2.75, 3.05) is 0 Å². The maximum absolute atomic E-state index is 10.2. The first-order valence-corrected chi connectivity index (χ1v) is 2.03. The summed E-state index contributed by atoms with van der Waals surface area (Å²) in [5.74, 6) is 0. The summed E-state index contributed by atoms with van der Waals surface area (Å²) in [5.41, 5.74) is 0. The van der Waals surface area contributed by atoms with E-state index in [0.717, 1.165) is 4.73 Å². The number of hydrogen-bond donors (Lipinski definition) is 0. The molecule has 1 aromatic rings. The smallest absolute Gasteiger partial charge is 0.619 e. The SMILES string of the molecule is [Cr+4].[O-][n+]1ccccc1. The molecular weight excluding hydrogens is 142 g/mol. The molecule has 0 saturated carbocycles. The molecule has 0 unspecified atom stereocenters. The predicted octanol–water partition coefficient (Wildman–Crippen LogP) is 0.318. The van der Waals surface area contributed by atoms with Gasteiger partial charge in [-0.05, 0) is 0 Å². The molecule has 3 heteroatoms. The summed E-state index contributed by atoms with van der Waals surface area (Å²) >= 11 is 0. The van der Waals surface area contributed by atoms with Gasteiger partial charge in [0.05, 0.1) is 0 Å². The van der Waals surface area contributed by atoms with Crippen LogP contribution in [0.4, 0.5) is 0 Å². The zero-order chi connectivity index (χ0) is 5.11. The van der Waals surface area contributed by atoms with Gasteiger partial charge in [0.1, 0.15) is 0 Å². The van der Waals surface area contributed by atoms with Gasteiger partial charge in [-0.2, -0.15) is 4.73 Å². The van der Waals surface area contributed by atoms with Gasteiger partial charge in [0, 0.05) is 12.1 Å². The fourth-order valence-electron chi connectivity index (χ4n) is 0.383. The normalized spacial score (nSPS) is 7.50. The van der Waals surface area contributed by atoms with Crippen molar-refractivity contribution in [2.45, 2.75) is 0 Å². The Labute approximate surface area is 58.5 Å². The summed E-state index contributed by atoms with van der Waals surface area (Å²) in [6, 6.07) is 5.18. The Bertz CT molecular complexity index is 142. The van der Waals surface area contributed by atoms with Gasteiger partial charge >= 0.3 is 17.4 Å². The van der Waals surface area contributed by atoms with E-state index in [-0.39, 0.29) is 17.4 Å². The van der Waals surface area contributed by atoms with E-state index in [1.165, 1.54) is 12.4 Å². The van der Waals surface area contributed by atoms with Crippen molar-refractivity contribution in [2.24, 2.45) is 0 Å². The molecule has 2 nitrogen and oxygen atoms in total. The summed E-state index contributed by atoms with van der Waals surface area (Å²) < 4.78 is 0.750. The van der Waals surface area contributed by atoms with Gasteiger partial charge < -0.3 is 5.21 Å². The molecule has 0 spiro atoms. The molecule has 0 fully saturated rings. The van der Waals surface area contributed by atoms with E-state index in [4.69, 9.17) is 0 Å². The molecule has 0 aliphatic rings. The van der Waals surface area contributed by atoms with Crippen LogP contribution in [0, 0.1) is 5.21 Å². The Balaban J connectivity index is 0.000000490. The van der Waals surface area contributed by atoms with E-state index < -0.39 is 0 Å². The summed E-state index contributed by atoms with van der Waals surface area (Å²) in [6.45, 7) is 0. The van der Waals surface area contributed by atoms with Crippen LogP contribution in [-0.2, 0) is 17.4 Å². The second-order valence-electron chi connectivity index (χ2n) is 1.24. The number of hydrogen-bond acceptors (Lipinski definition) is 1. The zero-order valence-corrected chi connectivity index (χ0v) is 5.43. The third-order valence-corrected chi connectivity index (χ3v) is 0.688. The summed E-state index contributed by atoms with van der Waals surface area (Å²) in [5, 5.41) is 10.2. The van der Waals surface area contributed by atoms with Gasteiger partial charge in [0.2, 0.25) is 0 Å². The second kappa shape index (κ2) is 3.48. The van der Waals surface area contributed by atoms with E-state index in [2.05, 4.69) is 0 Å². The van der Waals surface area contributed by atoms with Gasteiger partial charge in [-0.3, -0.25) is 0 Å². The first-order chi connectivity index (χ1) is 3.39. The van der Waals surface area contributed by atoms with Crippen molar-refractivity contribution in [3.8, 4) is 0 Å². The van der Waals surface area contributed by atoms with E-state index in [9.17, 15) is 5.21 Å².